The maximum Gasteiger partial charge on any atom is 0.264 e. The van der Waals surface area contributed by atoms with Crippen molar-refractivity contribution in [2.75, 3.05) is 19.4 Å². The zero-order valence-corrected chi connectivity index (χ0v) is 9.45. The first-order chi connectivity index (χ1) is 4.99. The maximum atomic E-state index is 10.5. The first-order valence-electron chi connectivity index (χ1n) is 2.89. The third-order valence-corrected chi connectivity index (χ3v) is 1.48. The van der Waals surface area contributed by atoms with Gasteiger partial charge in [0, 0.05) is 6.54 Å². The van der Waals surface area contributed by atoms with Crippen molar-refractivity contribution in [1.29, 1.82) is 0 Å². The molecule has 0 saturated carbocycles. The Hall–Kier alpha value is 0.370. The number of hydrogen-bond donors (Lipinski definition) is 2. The monoisotopic (exact) mass is 256 g/mol. The van der Waals surface area contributed by atoms with Crippen molar-refractivity contribution in [2.24, 2.45) is 11.6 Å². The van der Waals surface area contributed by atoms with Crippen molar-refractivity contribution in [2.45, 2.75) is 6.10 Å². The number of hydrogen-bond acceptors (Lipinski definition) is 6. The van der Waals surface area contributed by atoms with Crippen LogP contribution in [0.25, 0.3) is 0 Å². The van der Waals surface area contributed by atoms with E-state index < -0.39 is 16.2 Å². The molecule has 9 heteroatoms. The topological polar surface area (TPSA) is 105 Å². The second-order valence-corrected chi connectivity index (χ2v) is 3.59. The second kappa shape index (κ2) is 8.95. The van der Waals surface area contributed by atoms with Crippen LogP contribution in [0.3, 0.4) is 0 Å². The van der Waals surface area contributed by atoms with E-state index in [0.29, 0.717) is 0 Å². The van der Waals surface area contributed by atoms with E-state index in [9.17, 15) is 8.42 Å². The highest BCUT2D eigenvalue weighted by Gasteiger charge is 2.13. The summed E-state index contributed by atoms with van der Waals surface area (Å²) in [6, 6.07) is 0. The van der Waals surface area contributed by atoms with Gasteiger partial charge < -0.3 is 10.6 Å². The molecule has 0 aliphatic carbocycles. The van der Waals surface area contributed by atoms with Crippen LogP contribution < -0.4 is 11.6 Å². The summed E-state index contributed by atoms with van der Waals surface area (Å²) in [5.74, 6) is 4.69. The molecule has 0 amide bonds. The molecule has 0 aliphatic rings. The Morgan fingerprint density at radius 2 is 1.85 bits per heavy atom. The van der Waals surface area contributed by atoms with Gasteiger partial charge in [0.1, 0.15) is 6.10 Å². The van der Waals surface area contributed by atoms with Gasteiger partial charge in [-0.2, -0.15) is 8.42 Å². The highest BCUT2D eigenvalue weighted by atomic mass is 35.5. The largest absolute Gasteiger partial charge is 0.328 e. The van der Waals surface area contributed by atoms with Crippen molar-refractivity contribution in [3.8, 4) is 0 Å². The van der Waals surface area contributed by atoms with E-state index in [2.05, 4.69) is 9.02 Å². The SMILES string of the molecule is CS(=O)(=O)OC(CN)CON.Cl.Cl. The summed E-state index contributed by atoms with van der Waals surface area (Å²) in [5.41, 5.74) is 5.14. The molecule has 1 atom stereocenters. The van der Waals surface area contributed by atoms with Gasteiger partial charge >= 0.3 is 0 Å². The smallest absolute Gasteiger partial charge is 0.264 e. The fourth-order valence-electron chi connectivity index (χ4n) is 0.490. The number of halogens is 2. The van der Waals surface area contributed by atoms with Crippen LogP contribution >= 0.6 is 24.8 Å². The van der Waals surface area contributed by atoms with Gasteiger partial charge in [-0.1, -0.05) is 0 Å². The van der Waals surface area contributed by atoms with Crippen LogP contribution in [0, 0.1) is 0 Å². The average Bonchev–Trinajstić information content (AvgIpc) is 1.84. The molecule has 13 heavy (non-hydrogen) atoms. The molecule has 0 radical (unpaired) electrons. The minimum Gasteiger partial charge on any atom is -0.328 e. The summed E-state index contributed by atoms with van der Waals surface area (Å²) in [5, 5.41) is 0. The molecule has 0 fully saturated rings. The number of nitrogens with two attached hydrogens (primary N) is 2. The van der Waals surface area contributed by atoms with E-state index in [1.807, 2.05) is 0 Å². The van der Waals surface area contributed by atoms with Crippen LogP contribution in [-0.2, 0) is 19.1 Å². The molecule has 0 aliphatic heterocycles. The van der Waals surface area contributed by atoms with Crippen molar-refractivity contribution in [3.05, 3.63) is 0 Å². The molecular weight excluding hydrogens is 243 g/mol. The van der Waals surface area contributed by atoms with Gasteiger partial charge in [0.25, 0.3) is 10.1 Å². The Morgan fingerprint density at radius 3 is 2.08 bits per heavy atom. The number of rotatable bonds is 5. The average molecular weight is 257 g/mol. The van der Waals surface area contributed by atoms with Crippen LogP contribution in [-0.4, -0.2) is 33.9 Å². The Balaban J connectivity index is -0.000000500. The third-order valence-electron chi connectivity index (χ3n) is 0.856. The molecule has 0 spiro atoms. The first-order valence-corrected chi connectivity index (χ1v) is 4.71. The van der Waals surface area contributed by atoms with E-state index in [0.717, 1.165) is 6.26 Å². The van der Waals surface area contributed by atoms with Crippen molar-refractivity contribution in [3.63, 3.8) is 0 Å². The molecule has 0 heterocycles. The molecule has 0 aromatic rings. The quantitative estimate of drug-likeness (QED) is 0.484. The molecular formula is C4H14Cl2N2O4S. The predicted octanol–water partition coefficient (Wildman–Crippen LogP) is -0.976. The van der Waals surface area contributed by atoms with Crippen LogP contribution in [0.4, 0.5) is 0 Å². The Labute approximate surface area is 89.8 Å². The van der Waals surface area contributed by atoms with Crippen LogP contribution in [0.1, 0.15) is 0 Å². The van der Waals surface area contributed by atoms with Gasteiger partial charge in [-0.25, -0.2) is 5.90 Å². The normalized spacial score (nSPS) is 12.5. The van der Waals surface area contributed by atoms with E-state index >= 15 is 0 Å². The minimum atomic E-state index is -3.47. The fourth-order valence-corrected chi connectivity index (χ4v) is 1.12. The van der Waals surface area contributed by atoms with Crippen LogP contribution in [0.5, 0.6) is 0 Å². The summed E-state index contributed by atoms with van der Waals surface area (Å²) < 4.78 is 25.5. The lowest BCUT2D eigenvalue weighted by Gasteiger charge is -2.11. The Bertz CT molecular complexity index is 198. The van der Waals surface area contributed by atoms with Gasteiger partial charge in [0.05, 0.1) is 12.9 Å². The summed E-state index contributed by atoms with van der Waals surface area (Å²) in [4.78, 5) is 4.17. The second-order valence-electron chi connectivity index (χ2n) is 1.99. The summed E-state index contributed by atoms with van der Waals surface area (Å²) >= 11 is 0. The third kappa shape index (κ3) is 12.4. The van der Waals surface area contributed by atoms with Crippen LogP contribution in [0.15, 0.2) is 0 Å². The van der Waals surface area contributed by atoms with Crippen molar-refractivity contribution >= 4 is 34.9 Å². The molecule has 1 unspecified atom stereocenters. The lowest BCUT2D eigenvalue weighted by atomic mass is 10.4. The van der Waals surface area contributed by atoms with E-state index in [1.165, 1.54) is 0 Å². The molecule has 0 aromatic carbocycles. The Morgan fingerprint density at radius 1 is 1.38 bits per heavy atom. The zero-order valence-electron chi connectivity index (χ0n) is 7.00. The van der Waals surface area contributed by atoms with Gasteiger partial charge in [0.2, 0.25) is 0 Å². The highest BCUT2D eigenvalue weighted by molar-refractivity contribution is 7.86. The van der Waals surface area contributed by atoms with E-state index in [4.69, 9.17) is 11.6 Å². The molecule has 84 valence electrons. The van der Waals surface area contributed by atoms with Gasteiger partial charge in [0.15, 0.2) is 0 Å². The van der Waals surface area contributed by atoms with Gasteiger partial charge in [-0.15, -0.1) is 24.8 Å². The van der Waals surface area contributed by atoms with Gasteiger partial charge in [-0.3, -0.25) is 4.18 Å². The molecule has 0 aromatic heterocycles. The Kier molecular flexibility index (Phi) is 13.1. The van der Waals surface area contributed by atoms with Gasteiger partial charge in [-0.05, 0) is 0 Å². The minimum absolute atomic E-state index is 0. The van der Waals surface area contributed by atoms with E-state index in [1.54, 1.807) is 0 Å². The lowest BCUT2D eigenvalue weighted by molar-refractivity contribution is 0.0580. The molecule has 0 rings (SSSR count). The fraction of sp³-hybridized carbons (Fsp3) is 1.00. The van der Waals surface area contributed by atoms with Crippen molar-refractivity contribution in [1.82, 2.24) is 0 Å². The predicted molar refractivity (Wildman–Crippen MR) is 53.4 cm³/mol. The highest BCUT2D eigenvalue weighted by Crippen LogP contribution is 1.95. The summed E-state index contributed by atoms with van der Waals surface area (Å²) in [6.07, 6.45) is 0.238. The summed E-state index contributed by atoms with van der Waals surface area (Å²) in [7, 11) is -3.47. The summed E-state index contributed by atoms with van der Waals surface area (Å²) in [6.45, 7) is 0.00778. The zero-order chi connectivity index (χ0) is 8.91. The van der Waals surface area contributed by atoms with Crippen LogP contribution in [0.2, 0.25) is 0 Å². The molecule has 0 saturated heterocycles. The lowest BCUT2D eigenvalue weighted by Crippen LogP contribution is -2.31. The van der Waals surface area contributed by atoms with Crippen molar-refractivity contribution < 1.29 is 17.4 Å². The molecule has 4 N–H and O–H groups in total. The van der Waals surface area contributed by atoms with E-state index in [-0.39, 0.29) is 38.0 Å². The molecule has 6 nitrogen and oxygen atoms in total. The standard InChI is InChI=1S/C4H12N2O4S.2ClH/c1-11(7,8)10-4(2-5)3-9-6;;/h4H,2-3,5-6H2,1H3;2*1H. The molecule has 0 bridgehead atoms. The maximum absolute atomic E-state index is 10.5. The first kappa shape index (κ1) is 19.0.